The molecule has 0 aliphatic rings. The maximum Gasteiger partial charge on any atom is 0.0858 e. The molecule has 1 N–H and O–H groups in total. The Hall–Kier alpha value is -2.63. The molecule has 0 unspecified atom stereocenters. The summed E-state index contributed by atoms with van der Waals surface area (Å²) in [6.07, 6.45) is 5.16. The molecule has 0 radical (unpaired) electrons. The van der Waals surface area contributed by atoms with Crippen molar-refractivity contribution in [3.63, 3.8) is 0 Å². The number of anilines is 1. The van der Waals surface area contributed by atoms with Gasteiger partial charge in [-0.15, -0.1) is 0 Å². The molecular formula is C14H16N6. The number of rotatable bonds is 5. The van der Waals surface area contributed by atoms with E-state index in [1.165, 1.54) is 5.69 Å². The Labute approximate surface area is 117 Å². The summed E-state index contributed by atoms with van der Waals surface area (Å²) < 4.78 is 1.98. The van der Waals surface area contributed by atoms with Gasteiger partial charge in [-0.05, 0) is 37.3 Å². The van der Waals surface area contributed by atoms with Crippen LogP contribution in [0.15, 0.2) is 48.9 Å². The SMILES string of the molecule is CCn1nccc1CNc1ccc(-n2nccn2)cc1. The summed E-state index contributed by atoms with van der Waals surface area (Å²) in [6.45, 7) is 3.73. The van der Waals surface area contributed by atoms with Crippen molar-refractivity contribution in [3.8, 4) is 5.69 Å². The summed E-state index contributed by atoms with van der Waals surface area (Å²) >= 11 is 0. The molecule has 0 aliphatic heterocycles. The maximum absolute atomic E-state index is 4.25. The number of aromatic nitrogens is 5. The Morgan fingerprint density at radius 2 is 1.70 bits per heavy atom. The molecule has 0 atom stereocenters. The fourth-order valence-corrected chi connectivity index (χ4v) is 2.05. The molecule has 20 heavy (non-hydrogen) atoms. The molecule has 0 fully saturated rings. The lowest BCUT2D eigenvalue weighted by Gasteiger charge is -2.08. The highest BCUT2D eigenvalue weighted by Crippen LogP contribution is 2.13. The molecule has 3 rings (SSSR count). The molecule has 1 aromatic carbocycles. The van der Waals surface area contributed by atoms with Gasteiger partial charge in [-0.2, -0.15) is 20.1 Å². The van der Waals surface area contributed by atoms with Crippen molar-refractivity contribution in [2.24, 2.45) is 0 Å². The molecule has 102 valence electrons. The smallest absolute Gasteiger partial charge is 0.0858 e. The van der Waals surface area contributed by atoms with Crippen molar-refractivity contribution in [1.82, 2.24) is 24.8 Å². The molecule has 0 saturated heterocycles. The van der Waals surface area contributed by atoms with Gasteiger partial charge in [-0.3, -0.25) is 4.68 Å². The van der Waals surface area contributed by atoms with E-state index in [2.05, 4.69) is 27.5 Å². The van der Waals surface area contributed by atoms with Gasteiger partial charge in [0.2, 0.25) is 0 Å². The van der Waals surface area contributed by atoms with Crippen molar-refractivity contribution >= 4 is 5.69 Å². The van der Waals surface area contributed by atoms with Crippen LogP contribution in [0.25, 0.3) is 5.69 Å². The zero-order valence-electron chi connectivity index (χ0n) is 11.3. The van der Waals surface area contributed by atoms with Crippen molar-refractivity contribution in [2.45, 2.75) is 20.0 Å². The Morgan fingerprint density at radius 3 is 2.40 bits per heavy atom. The van der Waals surface area contributed by atoms with Gasteiger partial charge >= 0.3 is 0 Å². The van der Waals surface area contributed by atoms with Gasteiger partial charge in [0.05, 0.1) is 30.3 Å². The van der Waals surface area contributed by atoms with Crippen LogP contribution in [0, 0.1) is 0 Å². The van der Waals surface area contributed by atoms with E-state index in [0.29, 0.717) is 0 Å². The summed E-state index contributed by atoms with van der Waals surface area (Å²) in [4.78, 5) is 1.59. The van der Waals surface area contributed by atoms with Crippen LogP contribution in [0.2, 0.25) is 0 Å². The minimum Gasteiger partial charge on any atom is -0.379 e. The lowest BCUT2D eigenvalue weighted by molar-refractivity contribution is 0.627. The normalized spacial score (nSPS) is 10.7. The lowest BCUT2D eigenvalue weighted by atomic mass is 10.3. The number of hydrogen-bond donors (Lipinski definition) is 1. The first-order valence-corrected chi connectivity index (χ1v) is 6.58. The van der Waals surface area contributed by atoms with E-state index < -0.39 is 0 Å². The van der Waals surface area contributed by atoms with Crippen molar-refractivity contribution in [3.05, 3.63) is 54.6 Å². The number of benzene rings is 1. The average molecular weight is 268 g/mol. The predicted molar refractivity (Wildman–Crippen MR) is 76.6 cm³/mol. The molecule has 0 amide bonds. The highest BCUT2D eigenvalue weighted by atomic mass is 15.5. The number of aryl methyl sites for hydroxylation is 1. The van der Waals surface area contributed by atoms with Crippen LogP contribution in [0.4, 0.5) is 5.69 Å². The van der Waals surface area contributed by atoms with E-state index in [1.54, 1.807) is 17.2 Å². The Bertz CT molecular complexity index is 653. The molecule has 2 aromatic heterocycles. The largest absolute Gasteiger partial charge is 0.379 e. The second-order valence-corrected chi connectivity index (χ2v) is 4.36. The van der Waals surface area contributed by atoms with Crippen LogP contribution < -0.4 is 5.32 Å². The molecule has 0 aliphatic carbocycles. The third kappa shape index (κ3) is 2.54. The van der Waals surface area contributed by atoms with Gasteiger partial charge in [-0.1, -0.05) is 0 Å². The molecule has 3 aromatic rings. The molecule has 6 nitrogen and oxygen atoms in total. The highest BCUT2D eigenvalue weighted by Gasteiger charge is 2.01. The van der Waals surface area contributed by atoms with Crippen LogP contribution in [0.1, 0.15) is 12.6 Å². The van der Waals surface area contributed by atoms with Crippen LogP contribution in [-0.4, -0.2) is 24.8 Å². The van der Waals surface area contributed by atoms with E-state index in [0.717, 1.165) is 24.5 Å². The summed E-state index contributed by atoms with van der Waals surface area (Å²) in [5.41, 5.74) is 3.18. The maximum atomic E-state index is 4.25. The fourth-order valence-electron chi connectivity index (χ4n) is 2.05. The van der Waals surface area contributed by atoms with Crippen molar-refractivity contribution in [2.75, 3.05) is 5.32 Å². The standard InChI is InChI=1S/C14H16N6/c1-2-19-14(7-8-16-19)11-15-12-3-5-13(6-4-12)20-17-9-10-18-20/h3-10,15H,2,11H2,1H3. The Balaban J connectivity index is 1.67. The second-order valence-electron chi connectivity index (χ2n) is 4.36. The van der Waals surface area contributed by atoms with E-state index in [-0.39, 0.29) is 0 Å². The zero-order valence-corrected chi connectivity index (χ0v) is 11.3. The summed E-state index contributed by atoms with van der Waals surface area (Å²) in [5, 5.41) is 15.8. The second kappa shape index (κ2) is 5.56. The van der Waals surface area contributed by atoms with Gasteiger partial charge in [0, 0.05) is 18.4 Å². The first kappa shape index (κ1) is 12.4. The van der Waals surface area contributed by atoms with E-state index in [1.807, 2.05) is 41.2 Å². The van der Waals surface area contributed by atoms with Crippen LogP contribution in [-0.2, 0) is 13.1 Å². The van der Waals surface area contributed by atoms with Gasteiger partial charge in [0.25, 0.3) is 0 Å². The lowest BCUT2D eigenvalue weighted by Crippen LogP contribution is -2.07. The number of hydrogen-bond acceptors (Lipinski definition) is 4. The molecule has 2 heterocycles. The fraction of sp³-hybridized carbons (Fsp3) is 0.214. The van der Waals surface area contributed by atoms with Crippen LogP contribution in [0.3, 0.4) is 0 Å². The molecule has 0 saturated carbocycles. The van der Waals surface area contributed by atoms with Gasteiger partial charge in [-0.25, -0.2) is 0 Å². The first-order chi connectivity index (χ1) is 9.86. The van der Waals surface area contributed by atoms with Crippen molar-refractivity contribution in [1.29, 1.82) is 0 Å². The Kier molecular flexibility index (Phi) is 3.45. The third-order valence-corrected chi connectivity index (χ3v) is 3.09. The van der Waals surface area contributed by atoms with Crippen LogP contribution >= 0.6 is 0 Å². The quantitative estimate of drug-likeness (QED) is 0.769. The van der Waals surface area contributed by atoms with Crippen molar-refractivity contribution < 1.29 is 0 Å². The molecule has 0 spiro atoms. The monoisotopic (exact) mass is 268 g/mol. The minimum atomic E-state index is 0.757. The van der Waals surface area contributed by atoms with Gasteiger partial charge in [0.1, 0.15) is 0 Å². The van der Waals surface area contributed by atoms with Gasteiger partial charge in [0.15, 0.2) is 0 Å². The van der Waals surface area contributed by atoms with Gasteiger partial charge < -0.3 is 5.32 Å². The summed E-state index contributed by atoms with van der Waals surface area (Å²) in [7, 11) is 0. The van der Waals surface area contributed by atoms with Crippen LogP contribution in [0.5, 0.6) is 0 Å². The third-order valence-electron chi connectivity index (χ3n) is 3.09. The molecular weight excluding hydrogens is 252 g/mol. The number of nitrogens with one attached hydrogen (secondary N) is 1. The highest BCUT2D eigenvalue weighted by molar-refractivity contribution is 5.48. The Morgan fingerprint density at radius 1 is 0.950 bits per heavy atom. The van der Waals surface area contributed by atoms with E-state index in [4.69, 9.17) is 0 Å². The van der Waals surface area contributed by atoms with E-state index >= 15 is 0 Å². The number of nitrogens with zero attached hydrogens (tertiary/aromatic N) is 5. The molecule has 0 bridgehead atoms. The topological polar surface area (TPSA) is 60.6 Å². The molecule has 6 heteroatoms. The zero-order chi connectivity index (χ0) is 13.8. The van der Waals surface area contributed by atoms with E-state index in [9.17, 15) is 0 Å². The first-order valence-electron chi connectivity index (χ1n) is 6.58. The summed E-state index contributed by atoms with van der Waals surface area (Å²) in [6, 6.07) is 10.0. The minimum absolute atomic E-state index is 0.757. The summed E-state index contributed by atoms with van der Waals surface area (Å²) in [5.74, 6) is 0. The predicted octanol–water partition coefficient (Wildman–Crippen LogP) is 2.10. The average Bonchev–Trinajstić information content (AvgIpc) is 3.16.